The molecule has 0 aliphatic carbocycles. The van der Waals surface area contributed by atoms with Gasteiger partial charge in [-0.25, -0.2) is 0 Å². The fraction of sp³-hybridized carbons (Fsp3) is 0.250. The van der Waals surface area contributed by atoms with Gasteiger partial charge in [0.05, 0.1) is 6.20 Å². The Balaban J connectivity index is 2.07. The Morgan fingerprint density at radius 1 is 1.38 bits per heavy atom. The highest BCUT2D eigenvalue weighted by molar-refractivity contribution is 14.1. The summed E-state index contributed by atoms with van der Waals surface area (Å²) in [7, 11) is 1.90. The second-order valence-corrected chi connectivity index (χ2v) is 5.13. The summed E-state index contributed by atoms with van der Waals surface area (Å²) >= 11 is 2.30. The largest absolute Gasteiger partial charge is 0.324 e. The van der Waals surface area contributed by atoms with E-state index < -0.39 is 0 Å². The van der Waals surface area contributed by atoms with Gasteiger partial charge in [-0.15, -0.1) is 0 Å². The Morgan fingerprint density at radius 3 is 2.62 bits per heavy atom. The summed E-state index contributed by atoms with van der Waals surface area (Å²) in [5.41, 5.74) is 8.47. The van der Waals surface area contributed by atoms with E-state index in [9.17, 15) is 0 Å². The van der Waals surface area contributed by atoms with E-state index in [1.54, 1.807) is 4.68 Å². The van der Waals surface area contributed by atoms with Crippen LogP contribution in [-0.2, 0) is 13.5 Å². The van der Waals surface area contributed by atoms with Crippen LogP contribution >= 0.6 is 22.6 Å². The van der Waals surface area contributed by atoms with Crippen LogP contribution < -0.4 is 5.73 Å². The molecule has 4 heteroatoms. The average molecular weight is 327 g/mol. The molecule has 1 aromatic carbocycles. The van der Waals surface area contributed by atoms with Crippen molar-refractivity contribution in [2.45, 2.75) is 12.5 Å². The van der Waals surface area contributed by atoms with Crippen molar-refractivity contribution in [2.75, 3.05) is 0 Å². The van der Waals surface area contributed by atoms with Crippen molar-refractivity contribution in [1.82, 2.24) is 9.78 Å². The van der Waals surface area contributed by atoms with Crippen molar-refractivity contribution >= 4 is 22.6 Å². The standard InChI is InChI=1S/C12H14IN3/c1-16-8-10(7-15-16)12(14)6-9-2-4-11(13)5-3-9/h2-5,7-8,12H,6,14H2,1H3. The summed E-state index contributed by atoms with van der Waals surface area (Å²) in [6.07, 6.45) is 4.65. The number of hydrogen-bond acceptors (Lipinski definition) is 2. The van der Waals surface area contributed by atoms with Crippen LogP contribution in [0.1, 0.15) is 17.2 Å². The zero-order chi connectivity index (χ0) is 11.5. The second-order valence-electron chi connectivity index (χ2n) is 3.88. The zero-order valence-corrected chi connectivity index (χ0v) is 11.3. The number of nitrogens with two attached hydrogens (primary N) is 1. The summed E-state index contributed by atoms with van der Waals surface area (Å²) < 4.78 is 3.03. The number of rotatable bonds is 3. The molecule has 1 heterocycles. The lowest BCUT2D eigenvalue weighted by Gasteiger charge is -2.09. The highest BCUT2D eigenvalue weighted by Crippen LogP contribution is 2.16. The zero-order valence-electron chi connectivity index (χ0n) is 9.10. The van der Waals surface area contributed by atoms with Crippen LogP contribution in [0.3, 0.4) is 0 Å². The van der Waals surface area contributed by atoms with Gasteiger partial charge in [0.1, 0.15) is 0 Å². The number of nitrogens with zero attached hydrogens (tertiary/aromatic N) is 2. The van der Waals surface area contributed by atoms with Crippen molar-refractivity contribution in [3.63, 3.8) is 0 Å². The molecule has 1 unspecified atom stereocenters. The van der Waals surface area contributed by atoms with Crippen molar-refractivity contribution in [1.29, 1.82) is 0 Å². The minimum Gasteiger partial charge on any atom is -0.324 e. The minimum atomic E-state index is 0.0220. The van der Waals surface area contributed by atoms with Gasteiger partial charge in [-0.05, 0) is 46.7 Å². The van der Waals surface area contributed by atoms with Crippen LogP contribution in [0.2, 0.25) is 0 Å². The van der Waals surface area contributed by atoms with Crippen LogP contribution in [0, 0.1) is 3.57 Å². The normalized spacial score (nSPS) is 12.7. The molecule has 84 valence electrons. The first-order valence-electron chi connectivity index (χ1n) is 5.14. The lowest BCUT2D eigenvalue weighted by Crippen LogP contribution is -2.12. The highest BCUT2D eigenvalue weighted by atomic mass is 127. The number of hydrogen-bond donors (Lipinski definition) is 1. The molecule has 0 saturated carbocycles. The van der Waals surface area contributed by atoms with Crippen LogP contribution in [-0.4, -0.2) is 9.78 Å². The summed E-state index contributed by atoms with van der Waals surface area (Å²) in [4.78, 5) is 0. The molecule has 0 aliphatic heterocycles. The molecule has 0 fully saturated rings. The molecule has 0 aliphatic rings. The average Bonchev–Trinajstić information content (AvgIpc) is 2.68. The third-order valence-electron chi connectivity index (χ3n) is 2.52. The number of aryl methyl sites for hydroxylation is 1. The first-order valence-corrected chi connectivity index (χ1v) is 6.21. The van der Waals surface area contributed by atoms with E-state index in [0.717, 1.165) is 12.0 Å². The number of aromatic nitrogens is 2. The van der Waals surface area contributed by atoms with E-state index in [1.165, 1.54) is 9.13 Å². The van der Waals surface area contributed by atoms with Crippen molar-refractivity contribution in [3.8, 4) is 0 Å². The van der Waals surface area contributed by atoms with Crippen molar-refractivity contribution < 1.29 is 0 Å². The molecule has 0 radical (unpaired) electrons. The lowest BCUT2D eigenvalue weighted by atomic mass is 10.0. The van der Waals surface area contributed by atoms with Gasteiger partial charge in [0.15, 0.2) is 0 Å². The second kappa shape index (κ2) is 4.97. The Labute approximate surface area is 109 Å². The third-order valence-corrected chi connectivity index (χ3v) is 3.24. The molecule has 0 bridgehead atoms. The molecule has 0 amide bonds. The predicted molar refractivity (Wildman–Crippen MR) is 73.0 cm³/mol. The molecule has 3 nitrogen and oxygen atoms in total. The van der Waals surface area contributed by atoms with Gasteiger partial charge in [0, 0.05) is 28.4 Å². The molecule has 1 aromatic heterocycles. The summed E-state index contributed by atoms with van der Waals surface area (Å²) in [6, 6.07) is 8.47. The van der Waals surface area contributed by atoms with Gasteiger partial charge >= 0.3 is 0 Å². The first kappa shape index (κ1) is 11.6. The van der Waals surface area contributed by atoms with Crippen LogP contribution in [0.4, 0.5) is 0 Å². The predicted octanol–water partition coefficient (Wildman–Crippen LogP) is 2.27. The van der Waals surface area contributed by atoms with Crippen LogP contribution in [0.25, 0.3) is 0 Å². The Hall–Kier alpha value is -0.880. The maximum atomic E-state index is 6.12. The Morgan fingerprint density at radius 2 is 2.06 bits per heavy atom. The maximum absolute atomic E-state index is 6.12. The van der Waals surface area contributed by atoms with E-state index >= 15 is 0 Å². The van der Waals surface area contributed by atoms with Gasteiger partial charge < -0.3 is 5.73 Å². The van der Waals surface area contributed by atoms with Gasteiger partial charge in [-0.2, -0.15) is 5.10 Å². The van der Waals surface area contributed by atoms with Crippen LogP contribution in [0.5, 0.6) is 0 Å². The molecule has 2 rings (SSSR count). The first-order chi connectivity index (χ1) is 7.65. The molecule has 0 saturated heterocycles. The maximum Gasteiger partial charge on any atom is 0.0537 e. The SMILES string of the molecule is Cn1cc(C(N)Cc2ccc(I)cc2)cn1. The fourth-order valence-corrected chi connectivity index (χ4v) is 1.98. The molecule has 0 spiro atoms. The quantitative estimate of drug-likeness (QED) is 0.879. The smallest absolute Gasteiger partial charge is 0.0537 e. The Bertz CT molecular complexity index is 461. The van der Waals surface area contributed by atoms with Gasteiger partial charge in [0.2, 0.25) is 0 Å². The van der Waals surface area contributed by atoms with Crippen molar-refractivity contribution in [3.05, 3.63) is 51.4 Å². The van der Waals surface area contributed by atoms with E-state index in [1.807, 2.05) is 19.4 Å². The summed E-state index contributed by atoms with van der Waals surface area (Å²) in [5.74, 6) is 0. The molecule has 2 N–H and O–H groups in total. The van der Waals surface area contributed by atoms with Crippen LogP contribution in [0.15, 0.2) is 36.7 Å². The van der Waals surface area contributed by atoms with E-state index in [0.29, 0.717) is 0 Å². The summed E-state index contributed by atoms with van der Waals surface area (Å²) in [5, 5.41) is 4.13. The molecule has 16 heavy (non-hydrogen) atoms. The van der Waals surface area contributed by atoms with Gasteiger partial charge in [-0.3, -0.25) is 4.68 Å². The fourth-order valence-electron chi connectivity index (χ4n) is 1.62. The monoisotopic (exact) mass is 327 g/mol. The summed E-state index contributed by atoms with van der Waals surface area (Å²) in [6.45, 7) is 0. The van der Waals surface area contributed by atoms with Crippen molar-refractivity contribution in [2.24, 2.45) is 12.8 Å². The van der Waals surface area contributed by atoms with E-state index in [4.69, 9.17) is 5.73 Å². The highest BCUT2D eigenvalue weighted by Gasteiger charge is 2.08. The minimum absolute atomic E-state index is 0.0220. The Kier molecular flexibility index (Phi) is 3.60. The topological polar surface area (TPSA) is 43.8 Å². The van der Waals surface area contributed by atoms with Gasteiger partial charge in [0.25, 0.3) is 0 Å². The van der Waals surface area contributed by atoms with E-state index in [2.05, 4.69) is 52.0 Å². The van der Waals surface area contributed by atoms with Gasteiger partial charge in [-0.1, -0.05) is 12.1 Å². The number of benzene rings is 1. The number of halogens is 1. The molecule has 2 aromatic rings. The third kappa shape index (κ3) is 2.82. The molecular formula is C12H14IN3. The lowest BCUT2D eigenvalue weighted by molar-refractivity contribution is 0.717. The molecule has 1 atom stereocenters. The van der Waals surface area contributed by atoms with E-state index in [-0.39, 0.29) is 6.04 Å². The molecular weight excluding hydrogens is 313 g/mol.